The van der Waals surface area contributed by atoms with Crippen molar-refractivity contribution < 1.29 is 19.1 Å². The first-order chi connectivity index (χ1) is 9.70. The van der Waals surface area contributed by atoms with Crippen LogP contribution in [0.2, 0.25) is 0 Å². The molecular weight excluding hydrogens is 256 g/mol. The predicted octanol–water partition coefficient (Wildman–Crippen LogP) is 3.24. The molecule has 0 amide bonds. The molecule has 0 saturated heterocycles. The van der Waals surface area contributed by atoms with Crippen molar-refractivity contribution in [3.8, 4) is 12.3 Å². The molecule has 0 atom stereocenters. The molecule has 0 heterocycles. The predicted molar refractivity (Wildman–Crippen MR) is 78.0 cm³/mol. The van der Waals surface area contributed by atoms with E-state index in [2.05, 4.69) is 12.8 Å². The van der Waals surface area contributed by atoms with Gasteiger partial charge in [0, 0.05) is 12.8 Å². The number of carbonyl (C=O) groups is 2. The van der Waals surface area contributed by atoms with Crippen molar-refractivity contribution >= 4 is 11.9 Å². The molecule has 0 radical (unpaired) electrons. The van der Waals surface area contributed by atoms with E-state index in [4.69, 9.17) is 15.9 Å². The van der Waals surface area contributed by atoms with Gasteiger partial charge in [-0.15, -0.1) is 6.42 Å². The molecule has 0 aliphatic rings. The number of ether oxygens (including phenoxy) is 2. The minimum absolute atomic E-state index is 0.0128. The zero-order chi connectivity index (χ0) is 15.1. The van der Waals surface area contributed by atoms with Crippen LogP contribution in [0.15, 0.2) is 0 Å². The van der Waals surface area contributed by atoms with Gasteiger partial charge in [-0.2, -0.15) is 0 Å². The van der Waals surface area contributed by atoms with Gasteiger partial charge in [0.1, 0.15) is 0 Å². The van der Waals surface area contributed by atoms with Gasteiger partial charge in [-0.1, -0.05) is 38.5 Å². The zero-order valence-electron chi connectivity index (χ0n) is 12.5. The second kappa shape index (κ2) is 13.9. The molecule has 0 aromatic rings. The third kappa shape index (κ3) is 12.9. The van der Waals surface area contributed by atoms with Gasteiger partial charge in [0.2, 0.25) is 0 Å². The van der Waals surface area contributed by atoms with Crippen LogP contribution in [0.25, 0.3) is 0 Å². The largest absolute Gasteiger partial charge is 0.466 e. The zero-order valence-corrected chi connectivity index (χ0v) is 12.5. The summed E-state index contributed by atoms with van der Waals surface area (Å²) < 4.78 is 9.83. The Bertz CT molecular complexity index is 304. The summed E-state index contributed by atoms with van der Waals surface area (Å²) in [6.45, 7) is 2.69. The molecule has 0 aromatic carbocycles. The molecule has 4 heteroatoms. The summed E-state index contributed by atoms with van der Waals surface area (Å²) in [4.78, 5) is 22.5. The maximum absolute atomic E-state index is 11.4. The SMILES string of the molecule is C#CCOC(=O)CCCCC(=O)OCCCCCCC. The quantitative estimate of drug-likeness (QED) is 0.313. The Balaban J connectivity index is 3.32. The molecule has 0 bridgehead atoms. The topological polar surface area (TPSA) is 52.6 Å². The van der Waals surface area contributed by atoms with E-state index in [1.54, 1.807) is 0 Å². The van der Waals surface area contributed by atoms with Crippen LogP contribution in [0.4, 0.5) is 0 Å². The van der Waals surface area contributed by atoms with Crippen LogP contribution in [0.3, 0.4) is 0 Å². The van der Waals surface area contributed by atoms with E-state index in [0.29, 0.717) is 32.3 Å². The molecular formula is C16H26O4. The molecule has 4 nitrogen and oxygen atoms in total. The van der Waals surface area contributed by atoms with Crippen LogP contribution in [-0.4, -0.2) is 25.2 Å². The van der Waals surface area contributed by atoms with Crippen molar-refractivity contribution in [3.05, 3.63) is 0 Å². The molecule has 0 aliphatic carbocycles. The fourth-order valence-corrected chi connectivity index (χ4v) is 1.70. The number of esters is 2. The summed E-state index contributed by atoms with van der Waals surface area (Å²) in [6.07, 6.45) is 12.6. The van der Waals surface area contributed by atoms with Crippen molar-refractivity contribution in [2.24, 2.45) is 0 Å². The number of rotatable bonds is 12. The van der Waals surface area contributed by atoms with Gasteiger partial charge >= 0.3 is 11.9 Å². The highest BCUT2D eigenvalue weighted by atomic mass is 16.5. The van der Waals surface area contributed by atoms with Gasteiger partial charge in [-0.05, 0) is 19.3 Å². The molecule has 0 unspecified atom stereocenters. The summed E-state index contributed by atoms with van der Waals surface area (Å²) >= 11 is 0. The normalized spacial score (nSPS) is 9.80. The maximum Gasteiger partial charge on any atom is 0.306 e. The Morgan fingerprint density at radius 1 is 0.900 bits per heavy atom. The Hall–Kier alpha value is -1.50. The van der Waals surface area contributed by atoms with E-state index in [1.807, 2.05) is 0 Å². The molecule has 0 fully saturated rings. The highest BCUT2D eigenvalue weighted by molar-refractivity contribution is 5.70. The van der Waals surface area contributed by atoms with E-state index in [1.165, 1.54) is 19.3 Å². The lowest BCUT2D eigenvalue weighted by Crippen LogP contribution is -2.07. The van der Waals surface area contributed by atoms with Crippen molar-refractivity contribution in [2.45, 2.75) is 64.7 Å². The molecule has 0 N–H and O–H groups in total. The fraction of sp³-hybridized carbons (Fsp3) is 0.750. The molecule has 0 rings (SSSR count). The van der Waals surface area contributed by atoms with Gasteiger partial charge in [0.05, 0.1) is 6.61 Å². The van der Waals surface area contributed by atoms with Crippen molar-refractivity contribution in [2.75, 3.05) is 13.2 Å². The number of hydrogen-bond acceptors (Lipinski definition) is 4. The Labute approximate surface area is 122 Å². The highest BCUT2D eigenvalue weighted by Gasteiger charge is 2.05. The fourth-order valence-electron chi connectivity index (χ4n) is 1.70. The number of carbonyl (C=O) groups excluding carboxylic acids is 2. The number of terminal acetylenes is 1. The molecule has 20 heavy (non-hydrogen) atoms. The van der Waals surface area contributed by atoms with Crippen LogP contribution in [0.5, 0.6) is 0 Å². The van der Waals surface area contributed by atoms with E-state index >= 15 is 0 Å². The molecule has 114 valence electrons. The summed E-state index contributed by atoms with van der Waals surface area (Å²) in [5.74, 6) is 1.74. The molecule has 0 aliphatic heterocycles. The van der Waals surface area contributed by atoms with Crippen molar-refractivity contribution in [1.82, 2.24) is 0 Å². The second-order valence-electron chi connectivity index (χ2n) is 4.71. The highest BCUT2D eigenvalue weighted by Crippen LogP contribution is 2.05. The summed E-state index contributed by atoms with van der Waals surface area (Å²) in [7, 11) is 0. The van der Waals surface area contributed by atoms with Crippen LogP contribution in [0, 0.1) is 12.3 Å². The van der Waals surface area contributed by atoms with Crippen LogP contribution in [-0.2, 0) is 19.1 Å². The van der Waals surface area contributed by atoms with Gasteiger partial charge in [-0.25, -0.2) is 0 Å². The Morgan fingerprint density at radius 3 is 2.10 bits per heavy atom. The first kappa shape index (κ1) is 18.5. The van der Waals surface area contributed by atoms with E-state index in [-0.39, 0.29) is 18.5 Å². The lowest BCUT2D eigenvalue weighted by atomic mass is 10.2. The van der Waals surface area contributed by atoms with Crippen LogP contribution >= 0.6 is 0 Å². The Morgan fingerprint density at radius 2 is 1.50 bits per heavy atom. The average molecular weight is 282 g/mol. The van der Waals surface area contributed by atoms with Gasteiger partial charge < -0.3 is 9.47 Å². The van der Waals surface area contributed by atoms with Crippen LogP contribution < -0.4 is 0 Å². The summed E-state index contributed by atoms with van der Waals surface area (Å²) in [5, 5.41) is 0. The standard InChI is InChI=1S/C16H26O4/c1-3-5-6-7-10-14-20-16(18)12-9-8-11-15(17)19-13-4-2/h2H,3,5-14H2,1H3. The molecule has 0 aromatic heterocycles. The van der Waals surface area contributed by atoms with Crippen LogP contribution in [0.1, 0.15) is 64.7 Å². The maximum atomic E-state index is 11.4. The van der Waals surface area contributed by atoms with E-state index < -0.39 is 0 Å². The minimum Gasteiger partial charge on any atom is -0.466 e. The number of unbranched alkanes of at least 4 members (excludes halogenated alkanes) is 5. The lowest BCUT2D eigenvalue weighted by Gasteiger charge is -2.05. The summed E-state index contributed by atoms with van der Waals surface area (Å²) in [5.41, 5.74) is 0. The minimum atomic E-state index is -0.313. The smallest absolute Gasteiger partial charge is 0.306 e. The van der Waals surface area contributed by atoms with Gasteiger partial charge in [0.25, 0.3) is 0 Å². The van der Waals surface area contributed by atoms with E-state index in [0.717, 1.165) is 12.8 Å². The van der Waals surface area contributed by atoms with Gasteiger partial charge in [-0.3, -0.25) is 9.59 Å². The second-order valence-corrected chi connectivity index (χ2v) is 4.71. The van der Waals surface area contributed by atoms with Crippen molar-refractivity contribution in [1.29, 1.82) is 0 Å². The van der Waals surface area contributed by atoms with Gasteiger partial charge in [0.15, 0.2) is 6.61 Å². The van der Waals surface area contributed by atoms with E-state index in [9.17, 15) is 9.59 Å². The Kier molecular flexibility index (Phi) is 12.9. The average Bonchev–Trinajstić information content (AvgIpc) is 2.45. The monoisotopic (exact) mass is 282 g/mol. The lowest BCUT2D eigenvalue weighted by molar-refractivity contribution is -0.145. The van der Waals surface area contributed by atoms with Crippen molar-refractivity contribution in [3.63, 3.8) is 0 Å². The molecule has 0 spiro atoms. The first-order valence-electron chi connectivity index (χ1n) is 7.45. The summed E-state index contributed by atoms with van der Waals surface area (Å²) in [6, 6.07) is 0. The first-order valence-corrected chi connectivity index (χ1v) is 7.45. The molecule has 0 saturated carbocycles. The third-order valence-electron chi connectivity index (χ3n) is 2.84. The number of hydrogen-bond donors (Lipinski definition) is 0. The third-order valence-corrected chi connectivity index (χ3v) is 2.84.